The zero-order valence-electron chi connectivity index (χ0n) is 14.4. The molecule has 1 N–H and O–H groups in total. The Morgan fingerprint density at radius 1 is 1.15 bits per heavy atom. The quantitative estimate of drug-likeness (QED) is 0.855. The minimum atomic E-state index is -4.64. The third-order valence-corrected chi connectivity index (χ3v) is 6.19. The van der Waals surface area contributed by atoms with Gasteiger partial charge in [-0.3, -0.25) is 9.10 Å². The number of benzene rings is 2. The van der Waals surface area contributed by atoms with E-state index in [0.717, 1.165) is 12.1 Å². The summed E-state index contributed by atoms with van der Waals surface area (Å²) in [6.45, 7) is 2.03. The van der Waals surface area contributed by atoms with E-state index in [2.05, 4.69) is 5.32 Å². The first-order valence-electron chi connectivity index (χ1n) is 8.18. The Bertz CT molecular complexity index is 988. The van der Waals surface area contributed by atoms with E-state index in [-0.39, 0.29) is 5.75 Å². The van der Waals surface area contributed by atoms with Crippen molar-refractivity contribution in [1.29, 1.82) is 0 Å². The maximum absolute atomic E-state index is 13.1. The number of sulfonamides is 1. The molecule has 27 heavy (non-hydrogen) atoms. The van der Waals surface area contributed by atoms with Crippen LogP contribution in [0.1, 0.15) is 27.9 Å². The van der Waals surface area contributed by atoms with Gasteiger partial charge >= 0.3 is 6.18 Å². The second-order valence-corrected chi connectivity index (χ2v) is 8.25. The van der Waals surface area contributed by atoms with E-state index in [4.69, 9.17) is 0 Å². The molecule has 0 aromatic heterocycles. The van der Waals surface area contributed by atoms with Crippen LogP contribution in [0, 0.1) is 6.92 Å². The average molecular weight is 398 g/mol. The number of nitrogens with one attached hydrogen (secondary N) is 1. The molecule has 0 spiro atoms. The van der Waals surface area contributed by atoms with E-state index < -0.39 is 33.2 Å². The molecule has 1 saturated heterocycles. The molecule has 1 amide bonds. The maximum atomic E-state index is 13.1. The Morgan fingerprint density at radius 2 is 1.85 bits per heavy atom. The normalized spacial score (nSPS) is 16.4. The van der Waals surface area contributed by atoms with E-state index >= 15 is 0 Å². The number of carbonyl (C=O) groups excluding carboxylic acids is 1. The van der Waals surface area contributed by atoms with Gasteiger partial charge in [0, 0.05) is 12.2 Å². The molecule has 1 aliphatic heterocycles. The number of hydrogen-bond acceptors (Lipinski definition) is 3. The van der Waals surface area contributed by atoms with Gasteiger partial charge in [-0.15, -0.1) is 0 Å². The Morgan fingerprint density at radius 3 is 2.44 bits per heavy atom. The van der Waals surface area contributed by atoms with E-state index in [9.17, 15) is 26.4 Å². The SMILES string of the molecule is Cc1cc(N2CCCS2(=O)=O)ccc1NC(=O)c1ccccc1C(F)(F)F. The minimum Gasteiger partial charge on any atom is -0.322 e. The van der Waals surface area contributed by atoms with Crippen LogP contribution in [0.15, 0.2) is 42.5 Å². The summed E-state index contributed by atoms with van der Waals surface area (Å²) >= 11 is 0. The standard InChI is InChI=1S/C18H17F3N2O3S/c1-12-11-13(23-9-4-10-27(23,25)26)7-8-16(12)22-17(24)14-5-2-3-6-15(14)18(19,20)21/h2-3,5-8,11H,4,9-10H2,1H3,(H,22,24). The number of aryl methyl sites for hydroxylation is 1. The van der Waals surface area contributed by atoms with Crippen molar-refractivity contribution in [2.45, 2.75) is 19.5 Å². The fourth-order valence-corrected chi connectivity index (χ4v) is 4.55. The van der Waals surface area contributed by atoms with E-state index in [1.165, 1.54) is 28.6 Å². The van der Waals surface area contributed by atoms with Crippen LogP contribution in [-0.4, -0.2) is 26.6 Å². The smallest absolute Gasteiger partial charge is 0.322 e. The van der Waals surface area contributed by atoms with Gasteiger partial charge < -0.3 is 5.32 Å². The summed E-state index contributed by atoms with van der Waals surface area (Å²) < 4.78 is 64.5. The molecule has 1 fully saturated rings. The Kier molecular flexibility index (Phi) is 4.90. The Labute approximate surface area is 154 Å². The summed E-state index contributed by atoms with van der Waals surface area (Å²) in [4.78, 5) is 12.4. The molecule has 9 heteroatoms. The lowest BCUT2D eigenvalue weighted by Crippen LogP contribution is -2.25. The number of carbonyl (C=O) groups is 1. The Balaban J connectivity index is 1.86. The van der Waals surface area contributed by atoms with Gasteiger partial charge in [-0.2, -0.15) is 13.2 Å². The van der Waals surface area contributed by atoms with Crippen molar-refractivity contribution < 1.29 is 26.4 Å². The predicted octanol–water partition coefficient (Wildman–Crippen LogP) is 3.81. The molecule has 144 valence electrons. The molecular weight excluding hydrogens is 381 g/mol. The fraction of sp³-hybridized carbons (Fsp3) is 0.278. The second kappa shape index (κ2) is 6.88. The monoisotopic (exact) mass is 398 g/mol. The van der Waals surface area contributed by atoms with Crippen LogP contribution < -0.4 is 9.62 Å². The topological polar surface area (TPSA) is 66.5 Å². The minimum absolute atomic E-state index is 0.0821. The van der Waals surface area contributed by atoms with Crippen LogP contribution in [-0.2, 0) is 16.2 Å². The zero-order valence-corrected chi connectivity index (χ0v) is 15.2. The van der Waals surface area contributed by atoms with Crippen molar-refractivity contribution >= 4 is 27.3 Å². The number of hydrogen-bond donors (Lipinski definition) is 1. The predicted molar refractivity (Wildman–Crippen MR) is 96.3 cm³/mol. The molecule has 0 radical (unpaired) electrons. The largest absolute Gasteiger partial charge is 0.417 e. The van der Waals surface area contributed by atoms with Crippen molar-refractivity contribution in [2.24, 2.45) is 0 Å². The van der Waals surface area contributed by atoms with Gasteiger partial charge in [0.25, 0.3) is 5.91 Å². The first-order chi connectivity index (χ1) is 12.6. The van der Waals surface area contributed by atoms with Gasteiger partial charge in [-0.25, -0.2) is 8.42 Å². The molecule has 2 aromatic carbocycles. The summed E-state index contributed by atoms with van der Waals surface area (Å²) in [5.74, 6) is -0.800. The second-order valence-electron chi connectivity index (χ2n) is 6.24. The van der Waals surface area contributed by atoms with Crippen molar-refractivity contribution in [3.05, 3.63) is 59.2 Å². The number of anilines is 2. The molecule has 1 heterocycles. The van der Waals surface area contributed by atoms with Crippen LogP contribution in [0.25, 0.3) is 0 Å². The van der Waals surface area contributed by atoms with Gasteiger partial charge in [0.15, 0.2) is 0 Å². The molecule has 2 aromatic rings. The van der Waals surface area contributed by atoms with Crippen LogP contribution in [0.4, 0.5) is 24.5 Å². The highest BCUT2D eigenvalue weighted by atomic mass is 32.2. The van der Waals surface area contributed by atoms with Crippen molar-refractivity contribution in [2.75, 3.05) is 21.9 Å². The van der Waals surface area contributed by atoms with Crippen LogP contribution in [0.3, 0.4) is 0 Å². The zero-order chi connectivity index (χ0) is 19.8. The van der Waals surface area contributed by atoms with Gasteiger partial charge in [-0.05, 0) is 49.2 Å². The van der Waals surface area contributed by atoms with E-state index in [0.29, 0.717) is 29.9 Å². The average Bonchev–Trinajstić information content (AvgIpc) is 2.95. The molecule has 5 nitrogen and oxygen atoms in total. The lowest BCUT2D eigenvalue weighted by molar-refractivity contribution is -0.137. The van der Waals surface area contributed by atoms with Crippen LogP contribution in [0.2, 0.25) is 0 Å². The van der Waals surface area contributed by atoms with Crippen LogP contribution >= 0.6 is 0 Å². The highest BCUT2D eigenvalue weighted by Crippen LogP contribution is 2.33. The fourth-order valence-electron chi connectivity index (χ4n) is 2.99. The number of halogens is 3. The number of rotatable bonds is 3. The van der Waals surface area contributed by atoms with Gasteiger partial charge in [0.05, 0.1) is 22.6 Å². The first kappa shape index (κ1) is 19.2. The summed E-state index contributed by atoms with van der Waals surface area (Å²) in [6, 6.07) is 9.15. The lowest BCUT2D eigenvalue weighted by atomic mass is 10.1. The molecule has 1 aliphatic rings. The molecule has 3 rings (SSSR count). The third kappa shape index (κ3) is 3.92. The van der Waals surface area contributed by atoms with Crippen molar-refractivity contribution in [1.82, 2.24) is 0 Å². The highest BCUT2D eigenvalue weighted by molar-refractivity contribution is 7.93. The molecule has 0 unspecified atom stereocenters. The first-order valence-corrected chi connectivity index (χ1v) is 9.79. The number of amides is 1. The molecule has 0 atom stereocenters. The summed E-state index contributed by atoms with van der Waals surface area (Å²) in [5.41, 5.74) is -0.154. The van der Waals surface area contributed by atoms with E-state index in [1.54, 1.807) is 13.0 Å². The highest BCUT2D eigenvalue weighted by Gasteiger charge is 2.35. The van der Waals surface area contributed by atoms with Gasteiger partial charge in [0.1, 0.15) is 0 Å². The molecular formula is C18H17F3N2O3S. The van der Waals surface area contributed by atoms with Gasteiger partial charge in [0.2, 0.25) is 10.0 Å². The van der Waals surface area contributed by atoms with E-state index in [1.807, 2.05) is 0 Å². The summed E-state index contributed by atoms with van der Waals surface area (Å²) in [6.07, 6.45) is -4.11. The molecule has 0 saturated carbocycles. The lowest BCUT2D eigenvalue weighted by Gasteiger charge is -2.19. The van der Waals surface area contributed by atoms with Gasteiger partial charge in [-0.1, -0.05) is 12.1 Å². The third-order valence-electron chi connectivity index (χ3n) is 4.32. The van der Waals surface area contributed by atoms with Crippen molar-refractivity contribution in [3.63, 3.8) is 0 Å². The summed E-state index contributed by atoms with van der Waals surface area (Å²) in [5, 5.41) is 2.47. The van der Waals surface area contributed by atoms with Crippen molar-refractivity contribution in [3.8, 4) is 0 Å². The maximum Gasteiger partial charge on any atom is 0.417 e. The van der Waals surface area contributed by atoms with Crippen LogP contribution in [0.5, 0.6) is 0 Å². The summed E-state index contributed by atoms with van der Waals surface area (Å²) in [7, 11) is -3.34. The number of nitrogens with zero attached hydrogens (tertiary/aromatic N) is 1. The number of alkyl halides is 3. The molecule has 0 aliphatic carbocycles. The Hall–Kier alpha value is -2.55. The molecule has 0 bridgehead atoms.